The summed E-state index contributed by atoms with van der Waals surface area (Å²) in [6.07, 6.45) is 0.193. The van der Waals surface area contributed by atoms with Gasteiger partial charge in [-0.3, -0.25) is 9.59 Å². The average Bonchev–Trinajstić information content (AvgIpc) is 2.45. The normalized spacial score (nSPS) is 13.3. The molecule has 3 N–H and O–H groups in total. The number of carboxylic acid groups (broad SMARTS) is 1. The molecule has 2 amide bonds. The fourth-order valence-electron chi connectivity index (χ4n) is 2.27. The fourth-order valence-corrected chi connectivity index (χ4v) is 2.27. The highest BCUT2D eigenvalue weighted by Crippen LogP contribution is 2.11. The molecule has 6 nitrogen and oxygen atoms in total. The molecule has 0 aromatic heterocycles. The molecule has 2 atom stereocenters. The fraction of sp³-hybridized carbons (Fsp3) is 0.471. The Morgan fingerprint density at radius 1 is 1.13 bits per heavy atom. The summed E-state index contributed by atoms with van der Waals surface area (Å²) in [4.78, 5) is 35.0. The monoisotopic (exact) mass is 320 g/mol. The first kappa shape index (κ1) is 18.7. The van der Waals surface area contributed by atoms with Crippen LogP contribution in [0.1, 0.15) is 31.9 Å². The molecule has 0 spiro atoms. The minimum atomic E-state index is -1.10. The third kappa shape index (κ3) is 5.73. The smallest absolute Gasteiger partial charge is 0.326 e. The van der Waals surface area contributed by atoms with Crippen LogP contribution in [-0.2, 0) is 20.8 Å². The number of hydrogen-bond donors (Lipinski definition) is 3. The summed E-state index contributed by atoms with van der Waals surface area (Å²) in [6.45, 7) is 6.80. The van der Waals surface area contributed by atoms with Gasteiger partial charge in [-0.15, -0.1) is 0 Å². The Morgan fingerprint density at radius 2 is 1.74 bits per heavy atom. The molecule has 0 unspecified atom stereocenters. The summed E-state index contributed by atoms with van der Waals surface area (Å²) < 4.78 is 0. The molecule has 126 valence electrons. The van der Waals surface area contributed by atoms with E-state index in [9.17, 15) is 19.5 Å². The van der Waals surface area contributed by atoms with Crippen molar-refractivity contribution in [2.75, 3.05) is 0 Å². The molecule has 0 saturated carbocycles. The van der Waals surface area contributed by atoms with E-state index in [4.69, 9.17) is 0 Å². The minimum absolute atomic E-state index is 0.146. The van der Waals surface area contributed by atoms with Gasteiger partial charge in [0, 0.05) is 13.3 Å². The van der Waals surface area contributed by atoms with Gasteiger partial charge in [-0.2, -0.15) is 0 Å². The number of benzene rings is 1. The summed E-state index contributed by atoms with van der Waals surface area (Å²) in [5.41, 5.74) is 1.83. The number of carbonyl (C=O) groups excluding carboxylic acids is 2. The van der Waals surface area contributed by atoms with Crippen molar-refractivity contribution in [1.82, 2.24) is 10.6 Å². The maximum absolute atomic E-state index is 12.3. The van der Waals surface area contributed by atoms with Gasteiger partial charge in [-0.1, -0.05) is 38.1 Å². The average molecular weight is 320 g/mol. The van der Waals surface area contributed by atoms with Gasteiger partial charge < -0.3 is 15.7 Å². The van der Waals surface area contributed by atoms with E-state index in [1.54, 1.807) is 13.8 Å². The molecule has 1 aromatic rings. The Labute approximate surface area is 136 Å². The number of nitrogens with one attached hydrogen (secondary N) is 2. The molecule has 0 saturated heterocycles. The molecule has 0 fully saturated rings. The molecular weight excluding hydrogens is 296 g/mol. The minimum Gasteiger partial charge on any atom is -0.480 e. The van der Waals surface area contributed by atoms with Crippen molar-refractivity contribution in [2.24, 2.45) is 5.92 Å². The highest BCUT2D eigenvalue weighted by atomic mass is 16.4. The van der Waals surface area contributed by atoms with E-state index in [1.807, 2.05) is 31.2 Å². The van der Waals surface area contributed by atoms with E-state index >= 15 is 0 Å². The largest absolute Gasteiger partial charge is 0.480 e. The SMILES string of the molecule is CC(=O)N[C@@H](C(=O)N[C@H](Cc1ccccc1C)C(=O)O)C(C)C. The van der Waals surface area contributed by atoms with Crippen LogP contribution in [0.2, 0.25) is 0 Å². The van der Waals surface area contributed by atoms with Gasteiger partial charge in [0.1, 0.15) is 12.1 Å². The Bertz CT molecular complexity index is 584. The second-order valence-corrected chi connectivity index (χ2v) is 5.95. The summed E-state index contributed by atoms with van der Waals surface area (Å²) in [5, 5.41) is 14.5. The lowest BCUT2D eigenvalue weighted by molar-refractivity contribution is -0.142. The predicted molar refractivity (Wildman–Crippen MR) is 86.9 cm³/mol. The molecule has 0 radical (unpaired) electrons. The van der Waals surface area contributed by atoms with E-state index < -0.39 is 24.0 Å². The molecule has 1 aromatic carbocycles. The van der Waals surface area contributed by atoms with Gasteiger partial charge in [-0.25, -0.2) is 4.79 Å². The van der Waals surface area contributed by atoms with Crippen LogP contribution in [0.15, 0.2) is 24.3 Å². The van der Waals surface area contributed by atoms with E-state index in [1.165, 1.54) is 6.92 Å². The van der Waals surface area contributed by atoms with E-state index in [2.05, 4.69) is 10.6 Å². The van der Waals surface area contributed by atoms with E-state index in [0.29, 0.717) is 0 Å². The first-order valence-electron chi connectivity index (χ1n) is 7.57. The molecule has 0 aliphatic heterocycles. The first-order chi connectivity index (χ1) is 10.7. The number of carboxylic acids is 1. The van der Waals surface area contributed by atoms with Crippen molar-refractivity contribution >= 4 is 17.8 Å². The Hall–Kier alpha value is -2.37. The van der Waals surface area contributed by atoms with Gasteiger partial charge in [-0.05, 0) is 24.0 Å². The van der Waals surface area contributed by atoms with Crippen LogP contribution in [0.3, 0.4) is 0 Å². The molecule has 6 heteroatoms. The van der Waals surface area contributed by atoms with Crippen LogP contribution in [0.25, 0.3) is 0 Å². The van der Waals surface area contributed by atoms with Gasteiger partial charge in [0.2, 0.25) is 11.8 Å². The number of aryl methyl sites for hydroxylation is 1. The highest BCUT2D eigenvalue weighted by molar-refractivity contribution is 5.90. The molecule has 0 aliphatic carbocycles. The zero-order chi connectivity index (χ0) is 17.6. The second kappa shape index (κ2) is 8.31. The van der Waals surface area contributed by atoms with Crippen LogP contribution >= 0.6 is 0 Å². The number of hydrogen-bond acceptors (Lipinski definition) is 3. The third-order valence-corrected chi connectivity index (χ3v) is 3.61. The maximum Gasteiger partial charge on any atom is 0.326 e. The lowest BCUT2D eigenvalue weighted by Gasteiger charge is -2.23. The van der Waals surface area contributed by atoms with Crippen molar-refractivity contribution in [2.45, 2.75) is 46.2 Å². The summed E-state index contributed by atoms with van der Waals surface area (Å²) in [6, 6.07) is 5.63. The molecular formula is C17H24N2O4. The van der Waals surface area contributed by atoms with E-state index in [-0.39, 0.29) is 18.2 Å². The second-order valence-electron chi connectivity index (χ2n) is 5.95. The molecule has 0 heterocycles. The van der Waals surface area contributed by atoms with Crippen molar-refractivity contribution in [1.29, 1.82) is 0 Å². The van der Waals surface area contributed by atoms with Gasteiger partial charge in [0.25, 0.3) is 0 Å². The van der Waals surface area contributed by atoms with Crippen molar-refractivity contribution in [3.05, 3.63) is 35.4 Å². The lowest BCUT2D eigenvalue weighted by atomic mass is 9.99. The van der Waals surface area contributed by atoms with Gasteiger partial charge in [0.05, 0.1) is 0 Å². The van der Waals surface area contributed by atoms with Crippen LogP contribution in [-0.4, -0.2) is 35.0 Å². The molecule has 1 rings (SSSR count). The van der Waals surface area contributed by atoms with Gasteiger partial charge >= 0.3 is 5.97 Å². The molecule has 0 aliphatic rings. The predicted octanol–water partition coefficient (Wildman–Crippen LogP) is 1.27. The number of carbonyl (C=O) groups is 3. The van der Waals surface area contributed by atoms with Crippen LogP contribution in [0, 0.1) is 12.8 Å². The van der Waals surface area contributed by atoms with E-state index in [0.717, 1.165) is 11.1 Å². The van der Waals surface area contributed by atoms with Crippen LogP contribution in [0.5, 0.6) is 0 Å². The summed E-state index contributed by atoms with van der Waals surface area (Å²) in [5.74, 6) is -2.07. The third-order valence-electron chi connectivity index (χ3n) is 3.61. The van der Waals surface area contributed by atoms with Crippen molar-refractivity contribution in [3.63, 3.8) is 0 Å². The lowest BCUT2D eigenvalue weighted by Crippen LogP contribution is -2.53. The van der Waals surface area contributed by atoms with Crippen molar-refractivity contribution < 1.29 is 19.5 Å². The first-order valence-corrected chi connectivity index (χ1v) is 7.57. The Morgan fingerprint density at radius 3 is 2.22 bits per heavy atom. The van der Waals surface area contributed by atoms with Crippen molar-refractivity contribution in [3.8, 4) is 0 Å². The maximum atomic E-state index is 12.3. The molecule has 23 heavy (non-hydrogen) atoms. The zero-order valence-electron chi connectivity index (χ0n) is 13.9. The highest BCUT2D eigenvalue weighted by Gasteiger charge is 2.28. The quantitative estimate of drug-likeness (QED) is 0.705. The molecule has 0 bridgehead atoms. The topological polar surface area (TPSA) is 95.5 Å². The summed E-state index contributed by atoms with van der Waals surface area (Å²) >= 11 is 0. The zero-order valence-corrected chi connectivity index (χ0v) is 13.9. The summed E-state index contributed by atoms with van der Waals surface area (Å²) in [7, 11) is 0. The Kier molecular flexibility index (Phi) is 6.75. The number of rotatable bonds is 7. The number of aliphatic carboxylic acids is 1. The van der Waals surface area contributed by atoms with Crippen LogP contribution in [0.4, 0.5) is 0 Å². The van der Waals surface area contributed by atoms with Gasteiger partial charge in [0.15, 0.2) is 0 Å². The van der Waals surface area contributed by atoms with Crippen LogP contribution < -0.4 is 10.6 Å². The Balaban J connectivity index is 2.86. The standard InChI is InChI=1S/C17H24N2O4/c1-10(2)15(18-12(4)20)16(21)19-14(17(22)23)9-13-8-6-5-7-11(13)3/h5-8,10,14-15H,9H2,1-4H3,(H,18,20)(H,19,21)(H,22,23)/t14-,15-/m1/s1. The number of amides is 2.